The number of hydrogen-bond donors (Lipinski definition) is 1. The van der Waals surface area contributed by atoms with Crippen LogP contribution < -0.4 is 10.5 Å². The van der Waals surface area contributed by atoms with Crippen LogP contribution in [0, 0.1) is 0 Å². The van der Waals surface area contributed by atoms with Gasteiger partial charge in [0.1, 0.15) is 12.4 Å². The Morgan fingerprint density at radius 2 is 1.80 bits per heavy atom. The van der Waals surface area contributed by atoms with Crippen LogP contribution in [0.5, 0.6) is 5.75 Å². The van der Waals surface area contributed by atoms with Crippen molar-refractivity contribution < 1.29 is 22.6 Å². The molecule has 1 atom stereocenters. The Bertz CT molecular complexity index is 379. The van der Waals surface area contributed by atoms with Crippen molar-refractivity contribution in [1.29, 1.82) is 0 Å². The molecule has 0 bridgehead atoms. The number of rotatable bonds is 8. The molecule has 0 aliphatic heterocycles. The molecular formula is C14H20F3NO2. The van der Waals surface area contributed by atoms with Gasteiger partial charge in [-0.25, -0.2) is 0 Å². The van der Waals surface area contributed by atoms with E-state index in [-0.39, 0.29) is 12.6 Å². The molecule has 0 aromatic heterocycles. The summed E-state index contributed by atoms with van der Waals surface area (Å²) in [6.45, 7) is 1.14. The minimum Gasteiger partial charge on any atom is -0.494 e. The normalized spacial score (nSPS) is 13.2. The van der Waals surface area contributed by atoms with Gasteiger partial charge in [0.2, 0.25) is 0 Å². The van der Waals surface area contributed by atoms with Gasteiger partial charge in [-0.15, -0.1) is 0 Å². The number of halogens is 3. The molecule has 114 valence electrons. The monoisotopic (exact) mass is 291 g/mol. The van der Waals surface area contributed by atoms with Crippen LogP contribution in [-0.4, -0.2) is 26.0 Å². The molecule has 6 heteroatoms. The zero-order valence-electron chi connectivity index (χ0n) is 11.5. The molecule has 1 rings (SSSR count). The number of benzene rings is 1. The first-order chi connectivity index (χ1) is 9.42. The molecule has 0 aliphatic rings. The highest BCUT2D eigenvalue weighted by atomic mass is 19.4. The third-order valence-electron chi connectivity index (χ3n) is 2.72. The first kappa shape index (κ1) is 16.8. The van der Waals surface area contributed by atoms with Gasteiger partial charge in [0.15, 0.2) is 0 Å². The first-order valence-corrected chi connectivity index (χ1v) is 6.55. The van der Waals surface area contributed by atoms with Gasteiger partial charge < -0.3 is 15.2 Å². The zero-order chi connectivity index (χ0) is 15.0. The molecule has 0 unspecified atom stereocenters. The van der Waals surface area contributed by atoms with Crippen molar-refractivity contribution in [3.8, 4) is 5.75 Å². The second-order valence-electron chi connectivity index (χ2n) is 4.45. The Kier molecular flexibility index (Phi) is 6.81. The van der Waals surface area contributed by atoms with Crippen molar-refractivity contribution in [2.24, 2.45) is 5.73 Å². The molecule has 3 nitrogen and oxygen atoms in total. The Labute approximate surface area is 116 Å². The van der Waals surface area contributed by atoms with E-state index in [4.69, 9.17) is 10.5 Å². The fourth-order valence-corrected chi connectivity index (χ4v) is 1.59. The van der Waals surface area contributed by atoms with E-state index in [1.54, 1.807) is 12.1 Å². The molecule has 0 spiro atoms. The Hall–Kier alpha value is -1.27. The Morgan fingerprint density at radius 1 is 1.15 bits per heavy atom. The minimum absolute atomic E-state index is 0.0137. The highest BCUT2D eigenvalue weighted by molar-refractivity contribution is 5.28. The molecular weight excluding hydrogens is 271 g/mol. The van der Waals surface area contributed by atoms with E-state index in [2.05, 4.69) is 4.74 Å². The maximum atomic E-state index is 11.8. The summed E-state index contributed by atoms with van der Waals surface area (Å²) >= 11 is 0. The van der Waals surface area contributed by atoms with Gasteiger partial charge in [-0.05, 0) is 24.1 Å². The van der Waals surface area contributed by atoms with E-state index in [1.807, 2.05) is 19.1 Å². The minimum atomic E-state index is -4.27. The first-order valence-electron chi connectivity index (χ1n) is 6.55. The Morgan fingerprint density at radius 3 is 2.35 bits per heavy atom. The van der Waals surface area contributed by atoms with E-state index in [1.165, 1.54) is 0 Å². The predicted octanol–water partition coefficient (Wildman–Crippen LogP) is 3.44. The lowest BCUT2D eigenvalue weighted by atomic mass is 10.1. The molecule has 0 saturated heterocycles. The van der Waals surface area contributed by atoms with E-state index in [9.17, 15) is 13.2 Å². The molecule has 0 fully saturated rings. The Balaban J connectivity index is 2.19. The maximum absolute atomic E-state index is 11.8. The van der Waals surface area contributed by atoms with Crippen LogP contribution in [0.15, 0.2) is 24.3 Å². The second-order valence-corrected chi connectivity index (χ2v) is 4.45. The number of hydrogen-bond acceptors (Lipinski definition) is 3. The summed E-state index contributed by atoms with van der Waals surface area (Å²) in [6, 6.07) is 7.41. The van der Waals surface area contributed by atoms with Gasteiger partial charge >= 0.3 is 6.18 Å². The van der Waals surface area contributed by atoms with Crippen molar-refractivity contribution in [1.82, 2.24) is 0 Å². The average Bonchev–Trinajstić information content (AvgIpc) is 2.41. The van der Waals surface area contributed by atoms with E-state index < -0.39 is 12.8 Å². The third kappa shape index (κ3) is 6.77. The topological polar surface area (TPSA) is 44.5 Å². The van der Waals surface area contributed by atoms with Crippen molar-refractivity contribution in [2.45, 2.75) is 32.0 Å². The van der Waals surface area contributed by atoms with Gasteiger partial charge in [0.25, 0.3) is 0 Å². The van der Waals surface area contributed by atoms with Crippen LogP contribution in [0.2, 0.25) is 0 Å². The second kappa shape index (κ2) is 8.11. The van der Waals surface area contributed by atoms with Crippen LogP contribution in [0.1, 0.15) is 31.4 Å². The van der Waals surface area contributed by atoms with Gasteiger partial charge in [-0.2, -0.15) is 13.2 Å². The predicted molar refractivity (Wildman–Crippen MR) is 70.6 cm³/mol. The number of nitrogens with two attached hydrogens (primary N) is 1. The van der Waals surface area contributed by atoms with E-state index in [0.29, 0.717) is 18.8 Å². The van der Waals surface area contributed by atoms with Crippen molar-refractivity contribution in [3.63, 3.8) is 0 Å². The molecule has 0 aliphatic carbocycles. The lowest BCUT2D eigenvalue weighted by Gasteiger charge is -2.11. The van der Waals surface area contributed by atoms with Crippen LogP contribution in [-0.2, 0) is 4.74 Å². The SMILES string of the molecule is CC[C@@H](N)c1ccc(OCCCOCC(F)(F)F)cc1. The summed E-state index contributed by atoms with van der Waals surface area (Å²) in [4.78, 5) is 0. The molecule has 0 radical (unpaired) electrons. The quantitative estimate of drug-likeness (QED) is 0.746. The van der Waals surface area contributed by atoms with Crippen molar-refractivity contribution in [2.75, 3.05) is 19.8 Å². The molecule has 20 heavy (non-hydrogen) atoms. The van der Waals surface area contributed by atoms with Gasteiger partial charge in [0, 0.05) is 12.5 Å². The molecule has 2 N–H and O–H groups in total. The molecule has 0 amide bonds. The summed E-state index contributed by atoms with van der Waals surface area (Å²) in [7, 11) is 0. The fourth-order valence-electron chi connectivity index (χ4n) is 1.59. The number of ether oxygens (including phenoxy) is 2. The lowest BCUT2D eigenvalue weighted by Crippen LogP contribution is -2.18. The third-order valence-corrected chi connectivity index (χ3v) is 2.72. The van der Waals surface area contributed by atoms with Gasteiger partial charge in [0.05, 0.1) is 13.2 Å². The molecule has 0 heterocycles. The lowest BCUT2D eigenvalue weighted by molar-refractivity contribution is -0.174. The largest absolute Gasteiger partial charge is 0.494 e. The van der Waals surface area contributed by atoms with Crippen LogP contribution in [0.25, 0.3) is 0 Å². The number of alkyl halides is 3. The highest BCUT2D eigenvalue weighted by Crippen LogP contribution is 2.18. The summed E-state index contributed by atoms with van der Waals surface area (Å²) in [5.41, 5.74) is 6.92. The average molecular weight is 291 g/mol. The zero-order valence-corrected chi connectivity index (χ0v) is 11.5. The fraction of sp³-hybridized carbons (Fsp3) is 0.571. The highest BCUT2D eigenvalue weighted by Gasteiger charge is 2.27. The summed E-state index contributed by atoms with van der Waals surface area (Å²) in [5, 5.41) is 0. The smallest absolute Gasteiger partial charge is 0.411 e. The van der Waals surface area contributed by atoms with Crippen LogP contribution in [0.3, 0.4) is 0 Å². The van der Waals surface area contributed by atoms with Gasteiger partial charge in [-0.1, -0.05) is 19.1 Å². The van der Waals surface area contributed by atoms with Gasteiger partial charge in [-0.3, -0.25) is 0 Å². The molecule has 0 saturated carbocycles. The van der Waals surface area contributed by atoms with E-state index in [0.717, 1.165) is 12.0 Å². The van der Waals surface area contributed by atoms with E-state index >= 15 is 0 Å². The maximum Gasteiger partial charge on any atom is 0.411 e. The van der Waals surface area contributed by atoms with Crippen molar-refractivity contribution >= 4 is 0 Å². The summed E-state index contributed by atoms with van der Waals surface area (Å²) < 4.78 is 45.3. The van der Waals surface area contributed by atoms with Crippen molar-refractivity contribution in [3.05, 3.63) is 29.8 Å². The van der Waals surface area contributed by atoms with Crippen LogP contribution >= 0.6 is 0 Å². The van der Waals surface area contributed by atoms with Crippen LogP contribution in [0.4, 0.5) is 13.2 Å². The molecule has 1 aromatic carbocycles. The standard InChI is InChI=1S/C14H20F3NO2/c1-2-13(18)11-4-6-12(7-5-11)20-9-3-8-19-10-14(15,16)17/h4-7,13H,2-3,8-10,18H2,1H3/t13-/m1/s1. The summed E-state index contributed by atoms with van der Waals surface area (Å²) in [5.74, 6) is 0.674. The molecule has 1 aromatic rings. The summed E-state index contributed by atoms with van der Waals surface area (Å²) in [6.07, 6.45) is -3.00.